The molecule has 4 saturated carbocycles. The van der Waals surface area contributed by atoms with E-state index < -0.39 is 23.9 Å². The molecule has 66 heavy (non-hydrogen) atoms. The monoisotopic (exact) mass is 915 g/mol. The van der Waals surface area contributed by atoms with Crippen molar-refractivity contribution in [2.75, 3.05) is 111 Å². The minimum atomic E-state index is -1.01. The molecule has 3 amide bonds. The van der Waals surface area contributed by atoms with Gasteiger partial charge in [-0.2, -0.15) is 5.26 Å². The molecule has 20 heteroatoms. The quantitative estimate of drug-likeness (QED) is 0.169. The van der Waals surface area contributed by atoms with E-state index in [9.17, 15) is 49.3 Å². The minimum Gasteiger partial charge on any atom is -0.493 e. The summed E-state index contributed by atoms with van der Waals surface area (Å²) >= 11 is 0. The second-order valence-electron chi connectivity index (χ2n) is 19.5. The standard InChI is InChI=1S/C46H61N9O11/c47-20-32-17-31-18-38(31)55(32)39(56)21-49-44(64)35-3-6-48-37-2-1-34(19-36(35)37)66-30-46-26-45(27-46,28-46)29-65-33-4-7-54(8-5-33)40(57)22-50-9-11-51(23-41(58)59)13-15-53(25-43(62)63)16-14-52(12-10-50)24-42(60)61/h1-3,6,19,31-33,38H,4-5,7-18,21-30H2,(H,49,64)(H,58,59)(H,60,61)(H,62,63)/t31-,32+,38+,45?,46?/m1/s1. The van der Waals surface area contributed by atoms with Crippen LogP contribution in [0.25, 0.3) is 10.9 Å². The van der Waals surface area contributed by atoms with Gasteiger partial charge in [0, 0.05) is 88.5 Å². The second kappa shape index (κ2) is 20.2. The number of hydrogen-bond donors (Lipinski definition) is 4. The first-order valence-corrected chi connectivity index (χ1v) is 23.1. The molecule has 3 aliphatic heterocycles. The smallest absolute Gasteiger partial charge is 0.317 e. The number of piperidine rings is 2. The number of nitriles is 1. The van der Waals surface area contributed by atoms with E-state index in [1.54, 1.807) is 31.9 Å². The normalized spacial score (nSPS) is 27.6. The molecule has 4 N–H and O–H groups in total. The van der Waals surface area contributed by atoms with Crippen molar-refractivity contribution in [1.82, 2.24) is 39.7 Å². The average molecular weight is 916 g/mol. The predicted molar refractivity (Wildman–Crippen MR) is 235 cm³/mol. The number of hydrogen-bond acceptors (Lipinski definition) is 14. The average Bonchev–Trinajstić information content (AvgIpc) is 3.92. The summed E-state index contributed by atoms with van der Waals surface area (Å²) in [5.41, 5.74) is 1.25. The van der Waals surface area contributed by atoms with Crippen molar-refractivity contribution in [2.24, 2.45) is 16.7 Å². The Kier molecular flexibility index (Phi) is 14.4. The highest BCUT2D eigenvalue weighted by Gasteiger charge is 2.68. The summed E-state index contributed by atoms with van der Waals surface area (Å²) in [6.45, 7) is 4.33. The summed E-state index contributed by atoms with van der Waals surface area (Å²) in [7, 11) is 0. The number of pyridine rings is 1. The number of nitrogens with one attached hydrogen (secondary N) is 1. The third kappa shape index (κ3) is 11.4. The topological polar surface area (TPSA) is 250 Å². The number of aliphatic carboxylic acids is 3. The number of aromatic nitrogens is 1. The van der Waals surface area contributed by atoms with Crippen LogP contribution >= 0.6 is 0 Å². The molecule has 1 aromatic heterocycles. The van der Waals surface area contributed by atoms with Crippen molar-refractivity contribution >= 4 is 46.5 Å². The van der Waals surface area contributed by atoms with Crippen molar-refractivity contribution in [1.29, 1.82) is 5.26 Å². The molecule has 2 aromatic rings. The number of nitrogens with zero attached hydrogens (tertiary/aromatic N) is 8. The molecular weight excluding hydrogens is 855 g/mol. The maximum Gasteiger partial charge on any atom is 0.317 e. The number of amides is 3. The van der Waals surface area contributed by atoms with Crippen LogP contribution in [0.15, 0.2) is 30.5 Å². The Labute approximate surface area is 383 Å². The van der Waals surface area contributed by atoms with Crippen molar-refractivity contribution in [3.05, 3.63) is 36.0 Å². The number of ether oxygens (including phenoxy) is 2. The number of fused-ring (bicyclic) bond motifs is 2. The van der Waals surface area contributed by atoms with Crippen LogP contribution in [0, 0.1) is 28.1 Å². The Bertz CT molecular complexity index is 2160. The van der Waals surface area contributed by atoms with E-state index in [-0.39, 0.29) is 73.4 Å². The van der Waals surface area contributed by atoms with Gasteiger partial charge in [-0.3, -0.25) is 53.4 Å². The third-order valence-electron chi connectivity index (χ3n) is 14.5. The van der Waals surface area contributed by atoms with Crippen LogP contribution in [0.2, 0.25) is 0 Å². The lowest BCUT2D eigenvalue weighted by atomic mass is 9.35. The zero-order chi connectivity index (χ0) is 46.6. The van der Waals surface area contributed by atoms with Gasteiger partial charge < -0.3 is 39.9 Å². The van der Waals surface area contributed by atoms with Crippen LogP contribution in [0.3, 0.4) is 0 Å². The molecule has 7 aliphatic rings. The van der Waals surface area contributed by atoms with Gasteiger partial charge >= 0.3 is 17.9 Å². The van der Waals surface area contributed by atoms with Crippen LogP contribution in [0.4, 0.5) is 0 Å². The van der Waals surface area contributed by atoms with Gasteiger partial charge in [0.2, 0.25) is 11.8 Å². The fraction of sp³-hybridized carbons (Fsp3) is 0.652. The number of carbonyl (C=O) groups excluding carboxylic acids is 3. The summed E-state index contributed by atoms with van der Waals surface area (Å²) < 4.78 is 12.8. The van der Waals surface area contributed by atoms with Crippen LogP contribution in [0.5, 0.6) is 5.75 Å². The summed E-state index contributed by atoms with van der Waals surface area (Å²) in [6, 6.07) is 9.04. The fourth-order valence-corrected chi connectivity index (χ4v) is 11.1. The van der Waals surface area contributed by atoms with E-state index >= 15 is 0 Å². The Morgan fingerprint density at radius 2 is 1.29 bits per heavy atom. The largest absolute Gasteiger partial charge is 0.493 e. The second-order valence-corrected chi connectivity index (χ2v) is 19.5. The molecule has 3 saturated heterocycles. The SMILES string of the molecule is N#C[C@@H]1C[C@@H]2C[C@@H]2N1C(=O)CNC(=O)c1ccnc2ccc(OCC34CC(COC5CCN(C(=O)CN6CCN(CC(=O)O)CCN(CC(=O)O)CCN(CC(=O)O)CC6)CC5)(C3)C4)cc12. The predicted octanol–water partition coefficient (Wildman–Crippen LogP) is 0.510. The number of carbonyl (C=O) groups is 6. The van der Waals surface area contributed by atoms with Crippen LogP contribution in [-0.4, -0.2) is 215 Å². The highest BCUT2D eigenvalue weighted by molar-refractivity contribution is 6.07. The molecule has 4 heterocycles. The third-order valence-corrected chi connectivity index (χ3v) is 14.5. The minimum absolute atomic E-state index is 0.0396. The lowest BCUT2D eigenvalue weighted by Crippen LogP contribution is -2.66. The molecule has 1 aromatic carbocycles. The van der Waals surface area contributed by atoms with Gasteiger partial charge in [-0.05, 0) is 80.5 Å². The van der Waals surface area contributed by atoms with Crippen molar-refractivity contribution in [3.8, 4) is 11.8 Å². The van der Waals surface area contributed by atoms with E-state index in [0.29, 0.717) is 113 Å². The molecule has 0 unspecified atom stereocenters. The van der Waals surface area contributed by atoms with Gasteiger partial charge in [0.05, 0.1) is 69.2 Å². The highest BCUT2D eigenvalue weighted by Crippen LogP contribution is 2.73. The zero-order valence-electron chi connectivity index (χ0n) is 37.4. The molecule has 2 bridgehead atoms. The lowest BCUT2D eigenvalue weighted by molar-refractivity contribution is -0.250. The highest BCUT2D eigenvalue weighted by atomic mass is 16.5. The molecule has 0 radical (unpaired) electrons. The number of benzene rings is 1. The first kappa shape index (κ1) is 47.0. The molecule has 0 spiro atoms. The molecule has 7 fully saturated rings. The fourth-order valence-electron chi connectivity index (χ4n) is 11.1. The van der Waals surface area contributed by atoms with Crippen molar-refractivity contribution in [3.63, 3.8) is 0 Å². The van der Waals surface area contributed by atoms with Crippen molar-refractivity contribution < 1.29 is 53.6 Å². The molecule has 9 rings (SSSR count). The van der Waals surface area contributed by atoms with Gasteiger partial charge in [-0.25, -0.2) is 0 Å². The lowest BCUT2D eigenvalue weighted by Gasteiger charge is -2.70. The summed E-state index contributed by atoms with van der Waals surface area (Å²) in [4.78, 5) is 89.7. The molecule has 4 aliphatic carbocycles. The summed E-state index contributed by atoms with van der Waals surface area (Å²) in [5, 5.41) is 41.3. The molecule has 3 atom stereocenters. The van der Waals surface area contributed by atoms with Gasteiger partial charge in [-0.1, -0.05) is 0 Å². The first-order chi connectivity index (χ1) is 31.7. The van der Waals surface area contributed by atoms with Crippen molar-refractivity contribution in [2.45, 2.75) is 63.1 Å². The number of likely N-dealkylation sites (tertiary alicyclic amines) is 2. The van der Waals surface area contributed by atoms with Crippen LogP contribution < -0.4 is 10.1 Å². The van der Waals surface area contributed by atoms with E-state index in [1.807, 2.05) is 28.0 Å². The zero-order valence-corrected chi connectivity index (χ0v) is 37.4. The Morgan fingerprint density at radius 1 is 0.727 bits per heavy atom. The molecular formula is C46H61N9O11. The maximum absolute atomic E-state index is 13.6. The van der Waals surface area contributed by atoms with Gasteiger partial charge in [0.25, 0.3) is 5.91 Å². The summed E-state index contributed by atoms with van der Waals surface area (Å²) in [5.74, 6) is -2.64. The Hall–Kier alpha value is -5.46. The maximum atomic E-state index is 13.6. The van der Waals surface area contributed by atoms with Gasteiger partial charge in [0.15, 0.2) is 0 Å². The number of carboxylic acids is 3. The van der Waals surface area contributed by atoms with E-state index in [4.69, 9.17) is 9.47 Å². The van der Waals surface area contributed by atoms with Crippen LogP contribution in [-0.2, 0) is 28.7 Å². The Morgan fingerprint density at radius 3 is 1.85 bits per heavy atom. The van der Waals surface area contributed by atoms with E-state index in [2.05, 4.69) is 16.4 Å². The van der Waals surface area contributed by atoms with Gasteiger partial charge in [0.1, 0.15) is 11.8 Å². The van der Waals surface area contributed by atoms with Gasteiger partial charge in [-0.15, -0.1) is 0 Å². The summed E-state index contributed by atoms with van der Waals surface area (Å²) in [6.07, 6.45) is 7.68. The number of carboxylic acid groups (broad SMARTS) is 3. The first-order valence-electron chi connectivity index (χ1n) is 23.1. The Balaban J connectivity index is 0.765. The molecule has 356 valence electrons. The van der Waals surface area contributed by atoms with E-state index in [1.165, 1.54) is 0 Å². The molecule has 20 nitrogen and oxygen atoms in total. The van der Waals surface area contributed by atoms with Crippen LogP contribution in [0.1, 0.15) is 55.3 Å². The number of rotatable bonds is 17. The van der Waals surface area contributed by atoms with E-state index in [0.717, 1.165) is 38.5 Å².